The molecule has 6 N–H and O–H groups in total. The third kappa shape index (κ3) is 3.88. The van der Waals surface area contributed by atoms with E-state index < -0.39 is 59.7 Å². The summed E-state index contributed by atoms with van der Waals surface area (Å²) in [5.41, 5.74) is 3.79. The molecule has 2 aliphatic carbocycles. The molecule has 10 heteroatoms. The number of benzene rings is 1. The third-order valence-electron chi connectivity index (χ3n) is 6.84. The number of phenols is 1. The molecule has 1 amide bonds. The quantitative estimate of drug-likeness (QED) is 0.339. The highest BCUT2D eigenvalue weighted by atomic mass is 16.3. The Morgan fingerprint density at radius 2 is 1.85 bits per heavy atom. The minimum Gasteiger partial charge on any atom is -0.507 e. The lowest BCUT2D eigenvalue weighted by Crippen LogP contribution is -2.64. The number of likely N-dealkylation sites (N-methyl/N-ethyl adjacent to an activating group) is 1. The van der Waals surface area contributed by atoms with Gasteiger partial charge in [-0.15, -0.1) is 0 Å². The summed E-state index contributed by atoms with van der Waals surface area (Å²) in [5.74, 6) is -5.49. The van der Waals surface area contributed by atoms with E-state index in [2.05, 4.69) is 0 Å². The van der Waals surface area contributed by atoms with Crippen LogP contribution in [0.5, 0.6) is 5.75 Å². The first-order valence-electron chi connectivity index (χ1n) is 10.7. The van der Waals surface area contributed by atoms with Gasteiger partial charge in [0.05, 0.1) is 18.6 Å². The Balaban J connectivity index is 2.25. The predicted octanol–water partition coefficient (Wildman–Crippen LogP) is -0.413. The van der Waals surface area contributed by atoms with Crippen LogP contribution in [0.2, 0.25) is 0 Å². The van der Waals surface area contributed by atoms with Gasteiger partial charge >= 0.3 is 0 Å². The molecule has 0 heterocycles. The van der Waals surface area contributed by atoms with E-state index in [1.165, 1.54) is 6.07 Å². The second kappa shape index (κ2) is 8.77. The normalized spacial score (nSPS) is 25.5. The topological polar surface area (TPSA) is 165 Å². The second-order valence-electron chi connectivity index (χ2n) is 9.23. The molecule has 3 rings (SSSR count). The smallest absolute Gasteiger partial charge is 0.225 e. The van der Waals surface area contributed by atoms with Crippen LogP contribution in [0.25, 0.3) is 5.76 Å². The van der Waals surface area contributed by atoms with E-state index >= 15 is 0 Å². The van der Waals surface area contributed by atoms with Crippen molar-refractivity contribution in [2.75, 3.05) is 39.7 Å². The number of nitrogens with zero attached hydrogens (tertiary/aromatic N) is 2. The molecule has 0 aromatic heterocycles. The van der Waals surface area contributed by atoms with Crippen LogP contribution in [0.4, 0.5) is 5.69 Å². The summed E-state index contributed by atoms with van der Waals surface area (Å²) >= 11 is 0. The molecule has 10 nitrogen and oxygen atoms in total. The molecule has 0 unspecified atom stereocenters. The maximum Gasteiger partial charge on any atom is 0.225 e. The van der Waals surface area contributed by atoms with Gasteiger partial charge in [-0.2, -0.15) is 0 Å². The summed E-state index contributed by atoms with van der Waals surface area (Å²) in [5, 5.41) is 43.1. The van der Waals surface area contributed by atoms with Gasteiger partial charge in [0, 0.05) is 37.3 Å². The SMILES string of the molecule is CN(C)c1ccc(O)c2c1C[C@H]1C[C@@H]([C@@H](CO)N(C)C)[C@@](O)(C(=O)CC(N)=O)C(=O)C1=C2O. The van der Waals surface area contributed by atoms with Crippen molar-refractivity contribution in [2.45, 2.75) is 30.9 Å². The number of aromatic hydroxyl groups is 1. The van der Waals surface area contributed by atoms with Crippen molar-refractivity contribution in [3.63, 3.8) is 0 Å². The molecule has 4 atom stereocenters. The second-order valence-corrected chi connectivity index (χ2v) is 9.23. The van der Waals surface area contributed by atoms with E-state index in [9.17, 15) is 34.8 Å². The van der Waals surface area contributed by atoms with Crippen molar-refractivity contribution in [1.29, 1.82) is 0 Å². The Hall–Kier alpha value is -2.95. The van der Waals surface area contributed by atoms with Gasteiger partial charge in [-0.3, -0.25) is 14.4 Å². The molecule has 33 heavy (non-hydrogen) atoms. The Bertz CT molecular complexity index is 1030. The highest BCUT2D eigenvalue weighted by molar-refractivity contribution is 6.23. The molecular formula is C23H31N3O7. The van der Waals surface area contributed by atoms with Gasteiger partial charge in [0.2, 0.25) is 11.7 Å². The van der Waals surface area contributed by atoms with Crippen molar-refractivity contribution in [1.82, 2.24) is 4.90 Å². The van der Waals surface area contributed by atoms with Gasteiger partial charge in [0.15, 0.2) is 11.4 Å². The lowest BCUT2D eigenvalue weighted by Gasteiger charge is -2.47. The highest BCUT2D eigenvalue weighted by Gasteiger charge is 2.60. The Morgan fingerprint density at radius 3 is 2.36 bits per heavy atom. The molecular weight excluding hydrogens is 430 g/mol. The number of amides is 1. The van der Waals surface area contributed by atoms with E-state index in [0.717, 1.165) is 5.69 Å². The number of nitrogens with two attached hydrogens (primary N) is 1. The number of Topliss-reactive ketones (excluding diaryl/α,β-unsaturated/α-hetero) is 2. The van der Waals surface area contributed by atoms with E-state index in [4.69, 9.17) is 5.73 Å². The largest absolute Gasteiger partial charge is 0.507 e. The molecule has 1 fully saturated rings. The van der Waals surface area contributed by atoms with E-state index in [-0.39, 0.29) is 29.7 Å². The van der Waals surface area contributed by atoms with Gasteiger partial charge < -0.3 is 36.0 Å². The summed E-state index contributed by atoms with van der Waals surface area (Å²) in [7, 11) is 6.91. The molecule has 180 valence electrons. The standard InChI is InChI=1S/C23H31N3O7/c1-25(2)14-5-6-16(28)20-12(14)7-11-8-13(15(10-27)26(3)4)23(33,17(29)9-18(24)30)22(32)19(11)21(20)31/h5-6,11,13,15,27-28,31,33H,7-10H2,1-4H3,(H2,24,30)/t11-,13-,15+,23+/m0/s1. The maximum absolute atomic E-state index is 13.7. The Kier molecular flexibility index (Phi) is 6.56. The minimum absolute atomic E-state index is 0.0790. The van der Waals surface area contributed by atoms with Gasteiger partial charge in [0.25, 0.3) is 0 Å². The van der Waals surface area contributed by atoms with Crippen molar-refractivity contribution >= 4 is 28.9 Å². The summed E-state index contributed by atoms with van der Waals surface area (Å²) in [6.45, 7) is -0.449. The number of primary amides is 1. The van der Waals surface area contributed by atoms with Gasteiger partial charge in [-0.05, 0) is 50.6 Å². The van der Waals surface area contributed by atoms with Crippen LogP contribution in [0.1, 0.15) is 24.0 Å². The predicted molar refractivity (Wildman–Crippen MR) is 121 cm³/mol. The van der Waals surface area contributed by atoms with Gasteiger partial charge in [-0.25, -0.2) is 0 Å². The van der Waals surface area contributed by atoms with Crippen LogP contribution in [-0.4, -0.2) is 89.2 Å². The average Bonchev–Trinajstić information content (AvgIpc) is 2.70. The molecule has 1 aromatic rings. The van der Waals surface area contributed by atoms with Crippen molar-refractivity contribution in [2.24, 2.45) is 17.6 Å². The van der Waals surface area contributed by atoms with Crippen molar-refractivity contribution in [3.05, 3.63) is 28.8 Å². The van der Waals surface area contributed by atoms with Crippen LogP contribution in [0, 0.1) is 11.8 Å². The number of ketones is 2. The average molecular weight is 462 g/mol. The van der Waals surface area contributed by atoms with Crippen LogP contribution >= 0.6 is 0 Å². The number of carbonyl (C=O) groups excluding carboxylic acids is 3. The monoisotopic (exact) mass is 461 g/mol. The molecule has 0 spiro atoms. The fourth-order valence-corrected chi connectivity index (χ4v) is 5.25. The van der Waals surface area contributed by atoms with Crippen molar-refractivity contribution < 1.29 is 34.8 Å². The minimum atomic E-state index is -2.67. The first-order chi connectivity index (χ1) is 15.4. The Labute approximate surface area is 191 Å². The zero-order valence-electron chi connectivity index (χ0n) is 19.2. The van der Waals surface area contributed by atoms with E-state index in [0.29, 0.717) is 5.56 Å². The summed E-state index contributed by atoms with van der Waals surface area (Å²) in [6.07, 6.45) is -0.516. The molecule has 0 bridgehead atoms. The third-order valence-corrected chi connectivity index (χ3v) is 6.84. The summed E-state index contributed by atoms with van der Waals surface area (Å²) < 4.78 is 0. The highest BCUT2D eigenvalue weighted by Crippen LogP contribution is 2.50. The molecule has 2 aliphatic rings. The fraction of sp³-hybridized carbons (Fsp3) is 0.522. The van der Waals surface area contributed by atoms with Gasteiger partial charge in [0.1, 0.15) is 11.5 Å². The zero-order valence-corrected chi connectivity index (χ0v) is 19.2. The number of phenolic OH excluding ortho intramolecular Hbond substituents is 1. The van der Waals surface area contributed by atoms with E-state index in [1.807, 2.05) is 19.0 Å². The first kappa shape index (κ1) is 24.7. The number of anilines is 1. The molecule has 1 aromatic carbocycles. The number of hydrogen-bond donors (Lipinski definition) is 5. The van der Waals surface area contributed by atoms with Crippen LogP contribution in [0.3, 0.4) is 0 Å². The number of fused-ring (bicyclic) bond motifs is 2. The molecule has 0 saturated heterocycles. The zero-order chi connectivity index (χ0) is 24.8. The fourth-order valence-electron chi connectivity index (χ4n) is 5.25. The summed E-state index contributed by atoms with van der Waals surface area (Å²) in [4.78, 5) is 41.6. The number of carbonyl (C=O) groups is 3. The maximum atomic E-state index is 13.7. The first-order valence-corrected chi connectivity index (χ1v) is 10.7. The lowest BCUT2D eigenvalue weighted by molar-refractivity contribution is -0.163. The number of aliphatic hydroxyl groups is 3. The lowest BCUT2D eigenvalue weighted by atomic mass is 9.60. The van der Waals surface area contributed by atoms with Crippen LogP contribution < -0.4 is 10.6 Å². The molecule has 1 saturated carbocycles. The van der Waals surface area contributed by atoms with Crippen molar-refractivity contribution in [3.8, 4) is 5.75 Å². The van der Waals surface area contributed by atoms with Gasteiger partial charge in [-0.1, -0.05) is 0 Å². The number of aliphatic hydroxyl groups excluding tert-OH is 2. The number of rotatable bonds is 7. The summed E-state index contributed by atoms with van der Waals surface area (Å²) in [6, 6.07) is 2.33. The van der Waals surface area contributed by atoms with E-state index in [1.54, 1.807) is 25.1 Å². The van der Waals surface area contributed by atoms with Crippen LogP contribution in [-0.2, 0) is 20.8 Å². The Morgan fingerprint density at radius 1 is 1.21 bits per heavy atom. The van der Waals surface area contributed by atoms with Crippen LogP contribution in [0.15, 0.2) is 17.7 Å². The molecule has 0 aliphatic heterocycles. The number of hydrogen-bond acceptors (Lipinski definition) is 9. The molecule has 0 radical (unpaired) electrons.